The summed E-state index contributed by atoms with van der Waals surface area (Å²) in [5.41, 5.74) is -0.790. The van der Waals surface area contributed by atoms with E-state index in [9.17, 15) is 23.8 Å². The van der Waals surface area contributed by atoms with Crippen LogP contribution in [0.15, 0.2) is 27.4 Å². The van der Waals surface area contributed by atoms with Gasteiger partial charge in [-0.05, 0) is 91.3 Å². The summed E-state index contributed by atoms with van der Waals surface area (Å²) in [4.78, 5) is 52.8. The number of nitrogens with zero attached hydrogens (tertiary/aromatic N) is 1. The average molecular weight is 813 g/mol. The maximum Gasteiger partial charge on any atom is 0.408 e. The lowest BCUT2D eigenvalue weighted by molar-refractivity contribution is -0.208. The molecule has 57 heavy (non-hydrogen) atoms. The van der Waals surface area contributed by atoms with Crippen LogP contribution < -0.4 is 21.5 Å². The number of allylic oxidation sites excluding steroid dienone is 1. The minimum atomic E-state index is -4.21. The zero-order valence-corrected chi connectivity index (χ0v) is 35.7. The molecule has 316 valence electrons. The van der Waals surface area contributed by atoms with Crippen LogP contribution in [-0.4, -0.2) is 73.1 Å². The number of ether oxygens (including phenoxy) is 4. The minimum Gasteiger partial charge on any atom is -0.779 e. The lowest BCUT2D eigenvalue weighted by Crippen LogP contribution is -2.51. The van der Waals surface area contributed by atoms with Gasteiger partial charge in [0.2, 0.25) is 0 Å². The van der Waals surface area contributed by atoms with Gasteiger partial charge in [0, 0.05) is 26.4 Å². The first-order chi connectivity index (χ1) is 27.0. The number of carbonyl (C=O) groups is 1. The Bertz CT molecular complexity index is 1930. The molecule has 13 atom stereocenters. The number of aromatic nitrogens is 2. The predicted octanol–water partition coefficient (Wildman–Crippen LogP) is 5.91. The second-order valence-corrected chi connectivity index (χ2v) is 20.8. The number of nitrogens with one attached hydrogen (secondary N) is 2. The van der Waals surface area contributed by atoms with Crippen LogP contribution in [0.2, 0.25) is 0 Å². The Kier molecular flexibility index (Phi) is 12.2. The molecule has 5 fully saturated rings. The molecular weight excluding hydrogens is 749 g/mol. The molecule has 1 aromatic heterocycles. The Labute approximate surface area is 336 Å². The SMILES string of the molecule is COC[C@]12COC([C@H](n3cc(C#CCNC(=O)O[C@H]4CC[C@@]5(C)C(=CC[C@H]6[C@@H]7CC[C@H](C(C)CCCC(C)C)[C@@]7(C)CC[C@@H]65)C4)c(=O)[nH]c3=O)O1)[C@@H]2OP(C)(=O)[O-]. The van der Waals surface area contributed by atoms with Crippen molar-refractivity contribution in [1.29, 1.82) is 0 Å². The van der Waals surface area contributed by atoms with Crippen molar-refractivity contribution in [2.45, 2.75) is 135 Å². The molecule has 3 saturated carbocycles. The third kappa shape index (κ3) is 8.25. The van der Waals surface area contributed by atoms with Crippen LogP contribution in [0, 0.1) is 58.2 Å². The van der Waals surface area contributed by atoms with Crippen molar-refractivity contribution < 1.29 is 37.7 Å². The number of alkyl carbamates (subject to hydrolysis) is 1. The van der Waals surface area contributed by atoms with Crippen molar-refractivity contribution in [3.63, 3.8) is 0 Å². The molecule has 1 aromatic rings. The van der Waals surface area contributed by atoms with Crippen LogP contribution in [0.4, 0.5) is 4.79 Å². The second kappa shape index (κ2) is 16.4. The van der Waals surface area contributed by atoms with Crippen molar-refractivity contribution in [3.05, 3.63) is 44.2 Å². The van der Waals surface area contributed by atoms with Crippen molar-refractivity contribution in [2.24, 2.45) is 46.3 Å². The molecule has 1 amide bonds. The summed E-state index contributed by atoms with van der Waals surface area (Å²) in [6, 6.07) is 0. The van der Waals surface area contributed by atoms with Gasteiger partial charge in [0.15, 0.2) is 6.23 Å². The fourth-order valence-corrected chi connectivity index (χ4v) is 13.0. The number of aromatic amines is 1. The van der Waals surface area contributed by atoms with Gasteiger partial charge in [0.05, 0.1) is 19.8 Å². The smallest absolute Gasteiger partial charge is 0.408 e. The molecule has 0 radical (unpaired) electrons. The molecular formula is C43H63N3O10P-. The highest BCUT2D eigenvalue weighted by Crippen LogP contribution is 2.67. The normalized spacial score (nSPS) is 38.2. The first-order valence-electron chi connectivity index (χ1n) is 21.2. The fourth-order valence-electron chi connectivity index (χ4n) is 12.3. The first-order valence-corrected chi connectivity index (χ1v) is 23.2. The van der Waals surface area contributed by atoms with Gasteiger partial charge in [0.1, 0.15) is 37.1 Å². The summed E-state index contributed by atoms with van der Waals surface area (Å²) < 4.78 is 41.6. The number of methoxy groups -OCH3 is 1. The van der Waals surface area contributed by atoms with Gasteiger partial charge in [-0.3, -0.25) is 14.3 Å². The first kappa shape index (κ1) is 42.4. The molecule has 2 aliphatic heterocycles. The van der Waals surface area contributed by atoms with E-state index in [1.807, 2.05) is 0 Å². The van der Waals surface area contributed by atoms with Crippen molar-refractivity contribution >= 4 is 13.7 Å². The van der Waals surface area contributed by atoms with Crippen molar-refractivity contribution in [3.8, 4) is 11.8 Å². The highest BCUT2D eigenvalue weighted by atomic mass is 31.2. The van der Waals surface area contributed by atoms with Crippen molar-refractivity contribution in [1.82, 2.24) is 14.9 Å². The number of amides is 1. The summed E-state index contributed by atoms with van der Waals surface area (Å²) in [7, 11) is -2.78. The van der Waals surface area contributed by atoms with E-state index in [0.29, 0.717) is 11.3 Å². The number of carbonyl (C=O) groups excluding carboxylic acids is 1. The third-order valence-corrected chi connectivity index (χ3v) is 15.6. The lowest BCUT2D eigenvalue weighted by atomic mass is 9.47. The number of fused-ring (bicyclic) bond motifs is 7. The van der Waals surface area contributed by atoms with Gasteiger partial charge >= 0.3 is 11.8 Å². The van der Waals surface area contributed by atoms with Crippen LogP contribution in [0.1, 0.15) is 117 Å². The quantitative estimate of drug-likeness (QED) is 0.147. The van der Waals surface area contributed by atoms with Gasteiger partial charge in [0.25, 0.3) is 5.56 Å². The predicted molar refractivity (Wildman–Crippen MR) is 212 cm³/mol. The van der Waals surface area contributed by atoms with Gasteiger partial charge in [-0.25, -0.2) is 9.59 Å². The zero-order chi connectivity index (χ0) is 40.9. The monoisotopic (exact) mass is 812 g/mol. The van der Waals surface area contributed by atoms with Gasteiger partial charge in [-0.1, -0.05) is 77.4 Å². The van der Waals surface area contributed by atoms with Crippen LogP contribution in [0.25, 0.3) is 0 Å². The molecule has 3 heterocycles. The van der Waals surface area contributed by atoms with Gasteiger partial charge < -0.3 is 38.2 Å². The Balaban J connectivity index is 0.938. The topological polar surface area (TPSA) is 170 Å². The molecule has 2 saturated heterocycles. The molecule has 14 heteroatoms. The summed E-state index contributed by atoms with van der Waals surface area (Å²) in [6.07, 6.45) is 12.9. The number of rotatable bonds is 12. The fraction of sp³-hybridized carbons (Fsp3) is 0.791. The van der Waals surface area contributed by atoms with Crippen LogP contribution >= 0.6 is 7.60 Å². The van der Waals surface area contributed by atoms with E-state index in [1.165, 1.54) is 63.8 Å². The summed E-state index contributed by atoms with van der Waals surface area (Å²) in [5, 5.41) is 2.69. The molecule has 6 aliphatic rings. The van der Waals surface area contributed by atoms with E-state index in [4.69, 9.17) is 23.5 Å². The maximum absolute atomic E-state index is 12.9. The molecule has 3 unspecified atom stereocenters. The third-order valence-electron chi connectivity index (χ3n) is 15.0. The van der Waals surface area contributed by atoms with E-state index in [1.54, 1.807) is 0 Å². The van der Waals surface area contributed by atoms with E-state index >= 15 is 0 Å². The lowest BCUT2D eigenvalue weighted by Gasteiger charge is -2.58. The summed E-state index contributed by atoms with van der Waals surface area (Å²) in [6.45, 7) is 13.1. The molecule has 2 bridgehead atoms. The molecule has 7 rings (SSSR count). The van der Waals surface area contributed by atoms with E-state index < -0.39 is 49.0 Å². The molecule has 4 aliphatic carbocycles. The Morgan fingerprint density at radius 3 is 2.67 bits per heavy atom. The van der Waals surface area contributed by atoms with Crippen molar-refractivity contribution in [2.75, 3.05) is 33.5 Å². The highest BCUT2D eigenvalue weighted by Gasteiger charge is 2.64. The van der Waals surface area contributed by atoms with Crippen LogP contribution in [0.5, 0.6) is 0 Å². The summed E-state index contributed by atoms with van der Waals surface area (Å²) >= 11 is 0. The Morgan fingerprint density at radius 1 is 1.14 bits per heavy atom. The molecule has 0 aromatic carbocycles. The molecule has 2 N–H and O–H groups in total. The van der Waals surface area contributed by atoms with E-state index in [2.05, 4.69) is 62.8 Å². The largest absolute Gasteiger partial charge is 0.779 e. The second-order valence-electron chi connectivity index (χ2n) is 19.0. The molecule has 13 nitrogen and oxygen atoms in total. The maximum atomic E-state index is 12.9. The number of hydrogen-bond donors (Lipinski definition) is 2. The minimum absolute atomic E-state index is 0.00332. The zero-order valence-electron chi connectivity index (χ0n) is 34.8. The van der Waals surface area contributed by atoms with Crippen LogP contribution in [-0.2, 0) is 28.0 Å². The van der Waals surface area contributed by atoms with Gasteiger partial charge in [-0.2, -0.15) is 0 Å². The van der Waals surface area contributed by atoms with E-state index in [0.717, 1.165) is 66.5 Å². The average Bonchev–Trinajstić information content (AvgIpc) is 3.76. The number of hydrogen-bond acceptors (Lipinski definition) is 10. The number of H-pyrrole nitrogens is 1. The van der Waals surface area contributed by atoms with Gasteiger partial charge in [-0.15, -0.1) is 0 Å². The Morgan fingerprint density at radius 2 is 1.93 bits per heavy atom. The van der Waals surface area contributed by atoms with Crippen LogP contribution in [0.3, 0.4) is 0 Å². The molecule has 0 spiro atoms. The van der Waals surface area contributed by atoms with E-state index in [-0.39, 0.29) is 36.8 Å². The Hall–Kier alpha value is -2.72. The standard InChI is InChI=1S/C43H64N3O10P/c1-26(2)10-8-11-27(3)32-15-16-33-31-14-13-29-22-30(17-19-41(29,4)34(31)18-20-42(32,33)5)54-40(49)44-21-9-12-28-23-46(39(48)45-37(28)47)38-35-36(56-57(7,50)51)43(55-38,24-52-6)25-53-35/h13,23,26-27,30-36,38H,8,10-11,14-22,24-25H2,1-7H3,(H,44,49)(H,50,51)(H,45,47,48)/p-1/t27?,30-,31-,32+,33-,34-,35?,36-,38+,41-,42+,43+/m0/s1. The highest BCUT2D eigenvalue weighted by molar-refractivity contribution is 7.50. The summed E-state index contributed by atoms with van der Waals surface area (Å²) in [5.74, 6) is 10.1.